The maximum Gasteiger partial charge on any atom is 0.328 e. The van der Waals surface area contributed by atoms with Crippen LogP contribution < -0.4 is 0 Å². The van der Waals surface area contributed by atoms with Crippen LogP contribution in [0.25, 0.3) is 0 Å². The topological polar surface area (TPSA) is 76.1 Å². The third-order valence-corrected chi connectivity index (χ3v) is 2.64. The molecule has 1 rings (SSSR count). The molecule has 0 aliphatic carbocycles. The number of esters is 1. The average Bonchev–Trinajstić information content (AvgIpc) is 2.28. The average molecular weight is 231 g/mol. The molecular formula is C10H17NO5. The summed E-state index contributed by atoms with van der Waals surface area (Å²) in [7, 11) is 2.69. The quantitative estimate of drug-likeness (QED) is 0.641. The Morgan fingerprint density at radius 3 is 2.69 bits per heavy atom. The molecule has 0 bridgehead atoms. The van der Waals surface area contributed by atoms with E-state index in [9.17, 15) is 14.7 Å². The van der Waals surface area contributed by atoms with E-state index >= 15 is 0 Å². The van der Waals surface area contributed by atoms with Crippen molar-refractivity contribution in [2.24, 2.45) is 0 Å². The number of aliphatic hydroxyl groups is 1. The lowest BCUT2D eigenvalue weighted by Crippen LogP contribution is -2.52. The fraction of sp³-hybridized carbons (Fsp3) is 0.800. The highest BCUT2D eigenvalue weighted by molar-refractivity contribution is 5.85. The number of rotatable bonds is 3. The second-order valence-electron chi connectivity index (χ2n) is 3.74. The van der Waals surface area contributed by atoms with E-state index in [1.165, 1.54) is 19.1 Å². The highest BCUT2D eigenvalue weighted by Gasteiger charge is 2.36. The fourth-order valence-electron chi connectivity index (χ4n) is 1.81. The van der Waals surface area contributed by atoms with Gasteiger partial charge in [0, 0.05) is 20.1 Å². The zero-order valence-electron chi connectivity index (χ0n) is 9.51. The monoisotopic (exact) mass is 231 g/mol. The molecule has 2 atom stereocenters. The molecule has 0 spiro atoms. The number of hydrogen-bond donors (Lipinski definition) is 1. The second kappa shape index (κ2) is 5.81. The summed E-state index contributed by atoms with van der Waals surface area (Å²) in [6, 6.07) is -0.698. The minimum Gasteiger partial charge on any atom is -0.467 e. The third kappa shape index (κ3) is 2.93. The molecule has 1 fully saturated rings. The molecule has 1 amide bonds. The van der Waals surface area contributed by atoms with Crippen LogP contribution in [0, 0.1) is 0 Å². The van der Waals surface area contributed by atoms with Crippen LogP contribution in [0.4, 0.5) is 0 Å². The van der Waals surface area contributed by atoms with Gasteiger partial charge in [0.15, 0.2) is 0 Å². The third-order valence-electron chi connectivity index (χ3n) is 2.64. The zero-order chi connectivity index (χ0) is 12.1. The molecule has 16 heavy (non-hydrogen) atoms. The number of amides is 1. The van der Waals surface area contributed by atoms with E-state index in [1.807, 2.05) is 0 Å². The molecule has 1 aliphatic heterocycles. The predicted molar refractivity (Wildman–Crippen MR) is 54.6 cm³/mol. The number of carbonyl (C=O) groups is 2. The number of piperidine rings is 1. The lowest BCUT2D eigenvalue weighted by Gasteiger charge is -2.35. The number of carbonyl (C=O) groups excluding carboxylic acids is 2. The van der Waals surface area contributed by atoms with E-state index in [4.69, 9.17) is 4.74 Å². The van der Waals surface area contributed by atoms with Crippen LogP contribution in [0.1, 0.15) is 12.8 Å². The fourth-order valence-corrected chi connectivity index (χ4v) is 1.81. The Morgan fingerprint density at radius 1 is 1.44 bits per heavy atom. The summed E-state index contributed by atoms with van der Waals surface area (Å²) in [5.41, 5.74) is 0. The standard InChI is InChI=1S/C10H17NO5/c1-15-6-9(13)11-4-3-7(12)5-8(11)10(14)16-2/h7-8,12H,3-6H2,1-2H3/t7-,8+/m0/s1. The van der Waals surface area contributed by atoms with E-state index < -0.39 is 18.1 Å². The van der Waals surface area contributed by atoms with Gasteiger partial charge in [0.25, 0.3) is 0 Å². The second-order valence-corrected chi connectivity index (χ2v) is 3.74. The maximum atomic E-state index is 11.6. The summed E-state index contributed by atoms with van der Waals surface area (Å²) in [4.78, 5) is 24.5. The molecule has 1 heterocycles. The van der Waals surface area contributed by atoms with E-state index in [-0.39, 0.29) is 18.9 Å². The molecule has 6 nitrogen and oxygen atoms in total. The van der Waals surface area contributed by atoms with Crippen molar-refractivity contribution in [3.05, 3.63) is 0 Å². The van der Waals surface area contributed by atoms with Gasteiger partial charge in [-0.1, -0.05) is 0 Å². The maximum absolute atomic E-state index is 11.6. The number of nitrogens with zero attached hydrogens (tertiary/aromatic N) is 1. The molecule has 1 saturated heterocycles. The van der Waals surface area contributed by atoms with Crippen molar-refractivity contribution in [1.82, 2.24) is 4.90 Å². The van der Waals surface area contributed by atoms with Gasteiger partial charge in [-0.05, 0) is 6.42 Å². The highest BCUT2D eigenvalue weighted by atomic mass is 16.5. The molecule has 0 aromatic heterocycles. The van der Waals surface area contributed by atoms with E-state index in [1.54, 1.807) is 0 Å². The lowest BCUT2D eigenvalue weighted by atomic mass is 9.99. The van der Waals surface area contributed by atoms with Gasteiger partial charge in [-0.3, -0.25) is 4.79 Å². The van der Waals surface area contributed by atoms with Gasteiger partial charge in [0.05, 0.1) is 13.2 Å². The van der Waals surface area contributed by atoms with Gasteiger partial charge < -0.3 is 19.5 Å². The van der Waals surface area contributed by atoms with Gasteiger partial charge in [-0.2, -0.15) is 0 Å². The van der Waals surface area contributed by atoms with Crippen LogP contribution in [-0.2, 0) is 19.1 Å². The molecule has 0 unspecified atom stereocenters. The van der Waals surface area contributed by atoms with Gasteiger partial charge in [0.1, 0.15) is 12.6 Å². The number of hydrogen-bond acceptors (Lipinski definition) is 5. The first kappa shape index (κ1) is 12.9. The Bertz CT molecular complexity index is 268. The molecule has 0 aromatic rings. The molecule has 1 N–H and O–H groups in total. The van der Waals surface area contributed by atoms with Crippen LogP contribution in [0.5, 0.6) is 0 Å². The van der Waals surface area contributed by atoms with E-state index in [2.05, 4.69) is 4.74 Å². The summed E-state index contributed by atoms with van der Waals surface area (Å²) in [6.45, 7) is 0.284. The minimum absolute atomic E-state index is 0.0659. The zero-order valence-corrected chi connectivity index (χ0v) is 9.51. The Balaban J connectivity index is 2.71. The number of likely N-dealkylation sites (tertiary alicyclic amines) is 1. The first-order valence-electron chi connectivity index (χ1n) is 5.14. The molecule has 0 saturated carbocycles. The minimum atomic E-state index is -0.698. The largest absolute Gasteiger partial charge is 0.467 e. The van der Waals surface area contributed by atoms with Crippen molar-refractivity contribution in [3.8, 4) is 0 Å². The van der Waals surface area contributed by atoms with Crippen molar-refractivity contribution < 1.29 is 24.2 Å². The number of ether oxygens (including phenoxy) is 2. The summed E-state index contributed by atoms with van der Waals surface area (Å²) in [5, 5.41) is 9.48. The van der Waals surface area contributed by atoms with Gasteiger partial charge in [-0.25, -0.2) is 4.79 Å². The summed E-state index contributed by atoms with van der Waals surface area (Å²) >= 11 is 0. The summed E-state index contributed by atoms with van der Waals surface area (Å²) in [6.07, 6.45) is 0.140. The number of aliphatic hydroxyl groups excluding tert-OH is 1. The molecule has 1 aliphatic rings. The number of methoxy groups -OCH3 is 2. The van der Waals surface area contributed by atoms with Crippen molar-refractivity contribution in [2.75, 3.05) is 27.4 Å². The Labute approximate surface area is 94.1 Å². The van der Waals surface area contributed by atoms with Gasteiger partial charge in [-0.15, -0.1) is 0 Å². The molecule has 0 aromatic carbocycles. The summed E-state index contributed by atoms with van der Waals surface area (Å²) < 4.78 is 9.35. The van der Waals surface area contributed by atoms with Gasteiger partial charge >= 0.3 is 5.97 Å². The Morgan fingerprint density at radius 2 is 2.12 bits per heavy atom. The Hall–Kier alpha value is -1.14. The van der Waals surface area contributed by atoms with Crippen LogP contribution in [-0.4, -0.2) is 61.4 Å². The van der Waals surface area contributed by atoms with Crippen LogP contribution in [0.2, 0.25) is 0 Å². The first-order chi connectivity index (χ1) is 7.60. The highest BCUT2D eigenvalue weighted by Crippen LogP contribution is 2.18. The van der Waals surface area contributed by atoms with Crippen molar-refractivity contribution in [2.45, 2.75) is 25.0 Å². The summed E-state index contributed by atoms with van der Waals surface area (Å²) in [5.74, 6) is -0.756. The molecule has 92 valence electrons. The van der Waals surface area contributed by atoms with E-state index in [0.717, 1.165) is 0 Å². The molecule has 6 heteroatoms. The normalized spacial score (nSPS) is 25.3. The smallest absolute Gasteiger partial charge is 0.328 e. The lowest BCUT2D eigenvalue weighted by molar-refractivity contribution is -0.158. The van der Waals surface area contributed by atoms with Crippen LogP contribution in [0.3, 0.4) is 0 Å². The predicted octanol–water partition coefficient (Wildman–Crippen LogP) is -0.842. The first-order valence-corrected chi connectivity index (χ1v) is 5.14. The van der Waals surface area contributed by atoms with Crippen LogP contribution >= 0.6 is 0 Å². The van der Waals surface area contributed by atoms with Crippen molar-refractivity contribution >= 4 is 11.9 Å². The van der Waals surface area contributed by atoms with Gasteiger partial charge in [0.2, 0.25) is 5.91 Å². The Kier molecular flexibility index (Phi) is 4.70. The SMILES string of the molecule is COCC(=O)N1CC[C@H](O)C[C@@H]1C(=O)OC. The van der Waals surface area contributed by atoms with Crippen molar-refractivity contribution in [3.63, 3.8) is 0 Å². The van der Waals surface area contributed by atoms with E-state index in [0.29, 0.717) is 13.0 Å². The molecular weight excluding hydrogens is 214 g/mol. The van der Waals surface area contributed by atoms with Crippen LogP contribution in [0.15, 0.2) is 0 Å². The van der Waals surface area contributed by atoms with Crippen molar-refractivity contribution in [1.29, 1.82) is 0 Å². The molecule has 0 radical (unpaired) electrons.